The highest BCUT2D eigenvalue weighted by Gasteiger charge is 2.24. The van der Waals surface area contributed by atoms with Gasteiger partial charge in [0.25, 0.3) is 5.91 Å². The summed E-state index contributed by atoms with van der Waals surface area (Å²) in [4.78, 5) is 24.7. The number of hydrogen-bond donors (Lipinski definition) is 1. The van der Waals surface area contributed by atoms with Crippen molar-refractivity contribution in [1.29, 1.82) is 0 Å². The van der Waals surface area contributed by atoms with E-state index < -0.39 is 22.6 Å². The zero-order chi connectivity index (χ0) is 17.7. The molecule has 0 radical (unpaired) electrons. The average Bonchev–Trinajstić information content (AvgIpc) is 2.78. The predicted molar refractivity (Wildman–Crippen MR) is 86.5 cm³/mol. The number of carbonyl (C=O) groups is 2. The normalized spacial score (nSPS) is 16.5. The largest absolute Gasteiger partial charge is 0.482 e. The Bertz CT molecular complexity index is 718. The second-order valence-electron chi connectivity index (χ2n) is 5.52. The van der Waals surface area contributed by atoms with Crippen LogP contribution in [0.3, 0.4) is 0 Å². The van der Waals surface area contributed by atoms with Crippen LogP contribution in [0.2, 0.25) is 0 Å². The third kappa shape index (κ3) is 4.93. The van der Waals surface area contributed by atoms with Gasteiger partial charge < -0.3 is 14.7 Å². The Morgan fingerprint density at radius 2 is 1.96 bits per heavy atom. The zero-order valence-electron chi connectivity index (χ0n) is 13.3. The van der Waals surface area contributed by atoms with Gasteiger partial charge in [0.05, 0.1) is 6.26 Å². The van der Waals surface area contributed by atoms with Gasteiger partial charge in [-0.25, -0.2) is 17.5 Å². The summed E-state index contributed by atoms with van der Waals surface area (Å²) in [7, 11) is -3.27. The maximum atomic E-state index is 12.6. The summed E-state index contributed by atoms with van der Waals surface area (Å²) < 4.78 is 29.7. The first-order valence-corrected chi connectivity index (χ1v) is 9.31. The molecule has 0 spiro atoms. The number of carboxylic acid groups (broad SMARTS) is 1. The molecule has 1 aromatic carbocycles. The molecule has 8 nitrogen and oxygen atoms in total. The van der Waals surface area contributed by atoms with Gasteiger partial charge in [-0.3, -0.25) is 4.79 Å². The topological polar surface area (TPSA) is 104 Å². The van der Waals surface area contributed by atoms with Crippen molar-refractivity contribution >= 4 is 21.9 Å². The van der Waals surface area contributed by atoms with Crippen molar-refractivity contribution in [3.8, 4) is 5.75 Å². The van der Waals surface area contributed by atoms with Crippen molar-refractivity contribution in [2.75, 3.05) is 39.0 Å². The van der Waals surface area contributed by atoms with E-state index in [1.165, 1.54) is 10.4 Å². The van der Waals surface area contributed by atoms with Crippen molar-refractivity contribution in [3.63, 3.8) is 0 Å². The standard InChI is InChI=1S/C15H20N2O6S/c1-24(21,22)17-7-3-6-16(8-9-17)15(20)12-4-2-5-13(10-12)23-11-14(18)19/h2,4-5,10H,3,6-9,11H2,1H3,(H,18,19). The van der Waals surface area contributed by atoms with Crippen LogP contribution in [0, 0.1) is 0 Å². The van der Waals surface area contributed by atoms with Gasteiger partial charge in [0, 0.05) is 31.7 Å². The number of carboxylic acids is 1. The molecular weight excluding hydrogens is 336 g/mol. The van der Waals surface area contributed by atoms with Crippen molar-refractivity contribution in [2.45, 2.75) is 6.42 Å². The lowest BCUT2D eigenvalue weighted by Crippen LogP contribution is -2.36. The molecule has 9 heteroatoms. The van der Waals surface area contributed by atoms with Gasteiger partial charge in [0.15, 0.2) is 6.61 Å². The molecule has 0 atom stereocenters. The smallest absolute Gasteiger partial charge is 0.341 e. The second kappa shape index (κ2) is 7.63. The summed E-state index contributed by atoms with van der Waals surface area (Å²) in [6, 6.07) is 6.30. The van der Waals surface area contributed by atoms with Crippen LogP contribution in [-0.4, -0.2) is 73.6 Å². The minimum Gasteiger partial charge on any atom is -0.482 e. The van der Waals surface area contributed by atoms with Crippen LogP contribution in [0.1, 0.15) is 16.8 Å². The molecule has 1 saturated heterocycles. The van der Waals surface area contributed by atoms with Crippen LogP contribution < -0.4 is 4.74 Å². The van der Waals surface area contributed by atoms with E-state index in [-0.39, 0.29) is 12.5 Å². The van der Waals surface area contributed by atoms with Crippen LogP contribution in [0.5, 0.6) is 5.75 Å². The van der Waals surface area contributed by atoms with E-state index >= 15 is 0 Å². The van der Waals surface area contributed by atoms with Gasteiger partial charge in [-0.2, -0.15) is 0 Å². The zero-order valence-corrected chi connectivity index (χ0v) is 14.2. The summed E-state index contributed by atoms with van der Waals surface area (Å²) in [5, 5.41) is 8.63. The molecule has 1 aromatic rings. The molecule has 2 rings (SSSR count). The first-order chi connectivity index (χ1) is 11.3. The van der Waals surface area contributed by atoms with E-state index in [1.54, 1.807) is 23.1 Å². The molecule has 0 saturated carbocycles. The monoisotopic (exact) mass is 356 g/mol. The minimum atomic E-state index is -3.27. The summed E-state index contributed by atoms with van der Waals surface area (Å²) >= 11 is 0. The molecule has 24 heavy (non-hydrogen) atoms. The van der Waals surface area contributed by atoms with Crippen molar-refractivity contribution < 1.29 is 27.9 Å². The molecular formula is C15H20N2O6S. The van der Waals surface area contributed by atoms with E-state index in [4.69, 9.17) is 9.84 Å². The summed E-state index contributed by atoms with van der Waals surface area (Å²) in [5.74, 6) is -1.03. The Hall–Kier alpha value is -2.13. The predicted octanol–water partition coefficient (Wildman–Crippen LogP) is 0.258. The fourth-order valence-corrected chi connectivity index (χ4v) is 3.35. The molecule has 1 N–H and O–H groups in total. The van der Waals surface area contributed by atoms with Crippen molar-refractivity contribution in [3.05, 3.63) is 29.8 Å². The fourth-order valence-electron chi connectivity index (χ4n) is 2.48. The summed E-state index contributed by atoms with van der Waals surface area (Å²) in [6.45, 7) is 0.950. The highest BCUT2D eigenvalue weighted by Crippen LogP contribution is 2.16. The lowest BCUT2D eigenvalue weighted by atomic mass is 10.2. The molecule has 0 aromatic heterocycles. The molecule has 0 unspecified atom stereocenters. The maximum absolute atomic E-state index is 12.6. The first-order valence-electron chi connectivity index (χ1n) is 7.46. The Morgan fingerprint density at radius 1 is 1.21 bits per heavy atom. The van der Waals surface area contributed by atoms with E-state index in [1.807, 2.05) is 0 Å². The van der Waals surface area contributed by atoms with E-state index in [9.17, 15) is 18.0 Å². The Labute approximate surface area is 140 Å². The van der Waals surface area contributed by atoms with Crippen molar-refractivity contribution in [2.24, 2.45) is 0 Å². The number of carbonyl (C=O) groups excluding carboxylic acids is 1. The van der Waals surface area contributed by atoms with Gasteiger partial charge in [0.2, 0.25) is 10.0 Å². The lowest BCUT2D eigenvalue weighted by molar-refractivity contribution is -0.139. The Morgan fingerprint density at radius 3 is 2.62 bits per heavy atom. The van der Waals surface area contributed by atoms with Crippen LogP contribution in [0.4, 0.5) is 0 Å². The molecule has 1 heterocycles. The molecule has 132 valence electrons. The quantitative estimate of drug-likeness (QED) is 0.811. The summed E-state index contributed by atoms with van der Waals surface area (Å²) in [5.41, 5.74) is 0.380. The van der Waals surface area contributed by atoms with Gasteiger partial charge in [0.1, 0.15) is 5.75 Å². The van der Waals surface area contributed by atoms with Gasteiger partial charge >= 0.3 is 5.97 Å². The van der Waals surface area contributed by atoms with Crippen LogP contribution in [-0.2, 0) is 14.8 Å². The molecule has 0 aliphatic carbocycles. The van der Waals surface area contributed by atoms with Crippen LogP contribution >= 0.6 is 0 Å². The number of nitrogens with zero attached hydrogens (tertiary/aromatic N) is 2. The molecule has 1 amide bonds. The minimum absolute atomic E-state index is 0.230. The highest BCUT2D eigenvalue weighted by atomic mass is 32.2. The average molecular weight is 356 g/mol. The molecule has 1 fully saturated rings. The highest BCUT2D eigenvalue weighted by molar-refractivity contribution is 7.88. The number of aliphatic carboxylic acids is 1. The van der Waals surface area contributed by atoms with E-state index in [0.29, 0.717) is 37.4 Å². The third-order valence-corrected chi connectivity index (χ3v) is 4.96. The van der Waals surface area contributed by atoms with Crippen molar-refractivity contribution in [1.82, 2.24) is 9.21 Å². The fraction of sp³-hybridized carbons (Fsp3) is 0.467. The SMILES string of the molecule is CS(=O)(=O)N1CCCN(C(=O)c2cccc(OCC(=O)O)c2)CC1. The van der Waals surface area contributed by atoms with E-state index in [0.717, 1.165) is 6.26 Å². The lowest BCUT2D eigenvalue weighted by Gasteiger charge is -2.21. The van der Waals surface area contributed by atoms with Crippen LogP contribution in [0.25, 0.3) is 0 Å². The second-order valence-corrected chi connectivity index (χ2v) is 7.50. The maximum Gasteiger partial charge on any atom is 0.341 e. The molecule has 1 aliphatic rings. The van der Waals surface area contributed by atoms with Gasteiger partial charge in [-0.15, -0.1) is 0 Å². The number of benzene rings is 1. The number of ether oxygens (including phenoxy) is 1. The van der Waals surface area contributed by atoms with E-state index in [2.05, 4.69) is 0 Å². The molecule has 0 bridgehead atoms. The third-order valence-electron chi connectivity index (χ3n) is 3.65. The number of amides is 1. The number of rotatable bonds is 5. The van der Waals surface area contributed by atoms with Gasteiger partial charge in [-0.1, -0.05) is 6.07 Å². The Kier molecular flexibility index (Phi) is 5.79. The Balaban J connectivity index is 2.06. The molecule has 1 aliphatic heterocycles. The summed E-state index contributed by atoms with van der Waals surface area (Å²) in [6.07, 6.45) is 1.72. The van der Waals surface area contributed by atoms with Crippen LogP contribution in [0.15, 0.2) is 24.3 Å². The number of hydrogen-bond acceptors (Lipinski definition) is 5. The first kappa shape index (κ1) is 18.2. The van der Waals surface area contributed by atoms with Gasteiger partial charge in [-0.05, 0) is 24.6 Å². The number of sulfonamides is 1.